The van der Waals surface area contributed by atoms with Gasteiger partial charge in [-0.05, 0) is 60.0 Å². The molecule has 0 atom stereocenters. The van der Waals surface area contributed by atoms with E-state index in [1.165, 1.54) is 27.5 Å². The zero-order valence-electron chi connectivity index (χ0n) is 18.7. The summed E-state index contributed by atoms with van der Waals surface area (Å²) in [5.41, 5.74) is 5.77. The highest BCUT2D eigenvalue weighted by Crippen LogP contribution is 2.43. The summed E-state index contributed by atoms with van der Waals surface area (Å²) in [6.45, 7) is 2.90. The lowest BCUT2D eigenvalue weighted by Crippen LogP contribution is -2.30. The quantitative estimate of drug-likeness (QED) is 0.345. The maximum atomic E-state index is 12.9. The molecule has 6 rings (SSSR count). The van der Waals surface area contributed by atoms with Gasteiger partial charge in [0.2, 0.25) is 9.84 Å². The van der Waals surface area contributed by atoms with E-state index in [0.717, 1.165) is 43.6 Å². The van der Waals surface area contributed by atoms with Gasteiger partial charge >= 0.3 is 0 Å². The van der Waals surface area contributed by atoms with Gasteiger partial charge in [-0.1, -0.05) is 54.1 Å². The van der Waals surface area contributed by atoms with E-state index in [-0.39, 0.29) is 0 Å². The van der Waals surface area contributed by atoms with Crippen molar-refractivity contribution < 1.29 is 8.42 Å². The molecule has 0 aliphatic carbocycles. The van der Waals surface area contributed by atoms with E-state index in [9.17, 15) is 8.42 Å². The first-order chi connectivity index (χ1) is 16.0. The third-order valence-corrected chi connectivity index (χ3v) is 8.82. The van der Waals surface area contributed by atoms with E-state index < -0.39 is 9.84 Å². The summed E-state index contributed by atoms with van der Waals surface area (Å²) in [5, 5.41) is 2.53. The Labute approximate surface area is 194 Å². The average molecular weight is 455 g/mol. The van der Waals surface area contributed by atoms with Gasteiger partial charge in [0.25, 0.3) is 0 Å². The number of sulfone groups is 1. The maximum absolute atomic E-state index is 12.9. The van der Waals surface area contributed by atoms with Crippen molar-refractivity contribution in [2.75, 3.05) is 20.1 Å². The molecule has 5 heteroatoms. The molecular formula is C28H26N2O2S. The Hall–Kier alpha value is -3.15. The first kappa shape index (κ1) is 20.5. The number of likely N-dealkylation sites (N-methyl/N-ethyl adjacent to an activating group) is 1. The fourth-order valence-corrected chi connectivity index (χ4v) is 6.93. The standard InChI is InChI=1S/C28H26N2O2S/c1-29-13-12-21(24(16-29)19-30-17-22-6-2-3-7-23(22)18-30)14-20-10-11-28-26(15-20)25-8-4-5-9-27(25)33(28,31)32/h2-11,15,17-18H,12-14,16,19H2,1H3. The van der Waals surface area contributed by atoms with Crippen LogP contribution in [0.1, 0.15) is 12.0 Å². The van der Waals surface area contributed by atoms with E-state index in [1.807, 2.05) is 18.2 Å². The van der Waals surface area contributed by atoms with Gasteiger partial charge in [0.15, 0.2) is 0 Å². The van der Waals surface area contributed by atoms with Crippen molar-refractivity contribution in [2.24, 2.45) is 0 Å². The molecule has 33 heavy (non-hydrogen) atoms. The van der Waals surface area contributed by atoms with Crippen LogP contribution in [0.15, 0.2) is 100 Å². The molecule has 3 heterocycles. The minimum absolute atomic E-state index is 0.427. The Morgan fingerprint density at radius 2 is 1.52 bits per heavy atom. The molecule has 4 aromatic rings. The molecule has 0 spiro atoms. The maximum Gasteiger partial charge on any atom is 0.207 e. The average Bonchev–Trinajstić information content (AvgIpc) is 3.32. The van der Waals surface area contributed by atoms with Crippen molar-refractivity contribution in [2.45, 2.75) is 29.2 Å². The van der Waals surface area contributed by atoms with Crippen LogP contribution in [0.3, 0.4) is 0 Å². The molecule has 0 unspecified atom stereocenters. The predicted molar refractivity (Wildman–Crippen MR) is 132 cm³/mol. The monoisotopic (exact) mass is 454 g/mol. The fraction of sp³-hybridized carbons (Fsp3) is 0.214. The van der Waals surface area contributed by atoms with Crippen molar-refractivity contribution in [3.8, 4) is 11.1 Å². The number of aromatic nitrogens is 1. The van der Waals surface area contributed by atoms with Gasteiger partial charge in [-0.3, -0.25) is 0 Å². The largest absolute Gasteiger partial charge is 0.349 e. The molecule has 0 N–H and O–H groups in total. The Morgan fingerprint density at radius 3 is 2.30 bits per heavy atom. The van der Waals surface area contributed by atoms with E-state index in [1.54, 1.807) is 18.2 Å². The molecule has 166 valence electrons. The molecule has 3 aromatic carbocycles. The van der Waals surface area contributed by atoms with Crippen molar-refractivity contribution in [1.82, 2.24) is 9.47 Å². The number of fused-ring (bicyclic) bond motifs is 4. The van der Waals surface area contributed by atoms with Crippen molar-refractivity contribution in [3.05, 3.63) is 95.8 Å². The molecule has 0 bridgehead atoms. The molecule has 0 amide bonds. The first-order valence-electron chi connectivity index (χ1n) is 11.4. The van der Waals surface area contributed by atoms with Gasteiger partial charge in [0.1, 0.15) is 0 Å². The smallest absolute Gasteiger partial charge is 0.207 e. The summed E-state index contributed by atoms with van der Waals surface area (Å²) in [6.07, 6.45) is 6.36. The topological polar surface area (TPSA) is 42.3 Å². The predicted octanol–water partition coefficient (Wildman–Crippen LogP) is 5.33. The first-order valence-corrected chi connectivity index (χ1v) is 12.9. The Bertz CT molecular complexity index is 1500. The van der Waals surface area contributed by atoms with Crippen LogP contribution < -0.4 is 0 Å². The van der Waals surface area contributed by atoms with Gasteiger partial charge in [-0.25, -0.2) is 8.42 Å². The van der Waals surface area contributed by atoms with Gasteiger partial charge in [0, 0.05) is 43.2 Å². The number of nitrogens with zero attached hydrogens (tertiary/aromatic N) is 2. The molecule has 2 aliphatic rings. The van der Waals surface area contributed by atoms with E-state index in [0.29, 0.717) is 9.79 Å². The van der Waals surface area contributed by atoms with Crippen molar-refractivity contribution in [1.29, 1.82) is 0 Å². The third kappa shape index (κ3) is 3.52. The second-order valence-corrected chi connectivity index (χ2v) is 11.1. The molecular weight excluding hydrogens is 428 g/mol. The lowest BCUT2D eigenvalue weighted by atomic mass is 9.92. The molecule has 0 fully saturated rings. The lowest BCUT2D eigenvalue weighted by Gasteiger charge is -2.28. The van der Waals surface area contributed by atoms with Crippen LogP contribution in [0.4, 0.5) is 0 Å². The number of hydrogen-bond donors (Lipinski definition) is 0. The van der Waals surface area contributed by atoms with E-state index in [4.69, 9.17) is 0 Å². The number of benzene rings is 3. The van der Waals surface area contributed by atoms with Crippen molar-refractivity contribution in [3.63, 3.8) is 0 Å². The van der Waals surface area contributed by atoms with Gasteiger partial charge < -0.3 is 9.47 Å². The van der Waals surface area contributed by atoms with Gasteiger partial charge in [-0.15, -0.1) is 0 Å². The SMILES string of the molecule is CN1CCC(Cc2ccc3c(c2)-c2ccccc2S3(=O)=O)=C(Cn2cc3ccccc3c2)C1. The highest BCUT2D eigenvalue weighted by Gasteiger charge is 2.32. The van der Waals surface area contributed by atoms with Crippen LogP contribution in [0.2, 0.25) is 0 Å². The van der Waals surface area contributed by atoms with Crippen molar-refractivity contribution >= 4 is 20.6 Å². The zero-order chi connectivity index (χ0) is 22.6. The molecule has 2 aliphatic heterocycles. The van der Waals surface area contributed by atoms with Gasteiger partial charge in [-0.2, -0.15) is 0 Å². The second kappa shape index (κ2) is 7.72. The molecule has 0 saturated heterocycles. The summed E-state index contributed by atoms with van der Waals surface area (Å²) in [6, 6.07) is 21.7. The third-order valence-electron chi connectivity index (χ3n) is 6.95. The van der Waals surface area contributed by atoms with Gasteiger partial charge in [0.05, 0.1) is 9.79 Å². The number of hydrogen-bond acceptors (Lipinski definition) is 3. The molecule has 0 saturated carbocycles. The van der Waals surface area contributed by atoms with Crippen LogP contribution in [0.25, 0.3) is 21.9 Å². The summed E-state index contributed by atoms with van der Waals surface area (Å²) in [5.74, 6) is 0. The van der Waals surface area contributed by atoms with Crippen LogP contribution in [0, 0.1) is 0 Å². The van der Waals surface area contributed by atoms with Crippen LogP contribution >= 0.6 is 0 Å². The Kier molecular flexibility index (Phi) is 4.78. The zero-order valence-corrected chi connectivity index (χ0v) is 19.5. The van der Waals surface area contributed by atoms with E-state index >= 15 is 0 Å². The normalized spacial score (nSPS) is 17.4. The molecule has 1 aromatic heterocycles. The summed E-state index contributed by atoms with van der Waals surface area (Å²) >= 11 is 0. The summed E-state index contributed by atoms with van der Waals surface area (Å²) < 4.78 is 28.1. The van der Waals surface area contributed by atoms with Crippen LogP contribution in [-0.4, -0.2) is 38.0 Å². The molecule has 4 nitrogen and oxygen atoms in total. The minimum Gasteiger partial charge on any atom is -0.349 e. The lowest BCUT2D eigenvalue weighted by molar-refractivity contribution is 0.338. The fourth-order valence-electron chi connectivity index (χ4n) is 5.27. The molecule has 0 radical (unpaired) electrons. The van der Waals surface area contributed by atoms with E-state index in [2.05, 4.69) is 59.2 Å². The highest BCUT2D eigenvalue weighted by molar-refractivity contribution is 7.92. The minimum atomic E-state index is -3.41. The second-order valence-electron chi connectivity index (χ2n) is 9.26. The van der Waals surface area contributed by atoms with Crippen LogP contribution in [-0.2, 0) is 22.8 Å². The number of rotatable bonds is 4. The Balaban J connectivity index is 1.35. The summed E-state index contributed by atoms with van der Waals surface area (Å²) in [4.78, 5) is 3.24. The Morgan fingerprint density at radius 1 is 0.818 bits per heavy atom. The summed E-state index contributed by atoms with van der Waals surface area (Å²) in [7, 11) is -1.23. The highest BCUT2D eigenvalue weighted by atomic mass is 32.2. The van der Waals surface area contributed by atoms with Crippen LogP contribution in [0.5, 0.6) is 0 Å².